The molecule has 21 heavy (non-hydrogen) atoms. The summed E-state index contributed by atoms with van der Waals surface area (Å²) in [5.41, 5.74) is 1.57. The molecule has 1 aliphatic heterocycles. The molecule has 2 aromatic heterocycles. The molecule has 8 heteroatoms. The van der Waals surface area contributed by atoms with Crippen LogP contribution >= 0.6 is 11.5 Å². The highest BCUT2D eigenvalue weighted by molar-refractivity contribution is 7.10. The molecule has 2 aromatic rings. The number of nitrogens with zero attached hydrogens (tertiary/aromatic N) is 5. The number of nitrogens with one attached hydrogen (secondary N) is 1. The zero-order valence-corrected chi connectivity index (χ0v) is 12.8. The van der Waals surface area contributed by atoms with E-state index in [0.29, 0.717) is 6.54 Å². The monoisotopic (exact) mass is 306 g/mol. The van der Waals surface area contributed by atoms with Gasteiger partial charge in [-0.25, -0.2) is 4.68 Å². The molecule has 0 unspecified atom stereocenters. The van der Waals surface area contributed by atoms with Crippen molar-refractivity contribution in [1.82, 2.24) is 19.4 Å². The maximum Gasteiger partial charge on any atom is 0.269 e. The SMILES string of the molecule is CCNc1snnc1Cn1ncc(N2CCCC2)cc1=O. The van der Waals surface area contributed by atoms with Gasteiger partial charge in [-0.15, -0.1) is 5.10 Å². The predicted octanol–water partition coefficient (Wildman–Crippen LogP) is 1.18. The number of aromatic nitrogens is 4. The molecule has 0 saturated carbocycles. The normalized spacial score (nSPS) is 14.6. The molecule has 0 spiro atoms. The Bertz CT molecular complexity index is 661. The number of hydrogen-bond donors (Lipinski definition) is 1. The van der Waals surface area contributed by atoms with Gasteiger partial charge in [0.25, 0.3) is 5.56 Å². The summed E-state index contributed by atoms with van der Waals surface area (Å²) < 4.78 is 5.35. The van der Waals surface area contributed by atoms with Crippen molar-refractivity contribution in [2.45, 2.75) is 26.3 Å². The molecule has 7 nitrogen and oxygen atoms in total. The second kappa shape index (κ2) is 6.21. The fourth-order valence-electron chi connectivity index (χ4n) is 2.44. The number of anilines is 2. The van der Waals surface area contributed by atoms with Crippen LogP contribution in [0, 0.1) is 0 Å². The van der Waals surface area contributed by atoms with E-state index in [0.717, 1.165) is 36.0 Å². The Morgan fingerprint density at radius 1 is 1.38 bits per heavy atom. The molecule has 1 N–H and O–H groups in total. The van der Waals surface area contributed by atoms with Gasteiger partial charge in [0.2, 0.25) is 0 Å². The molecular formula is C13H18N6OS. The van der Waals surface area contributed by atoms with Gasteiger partial charge >= 0.3 is 0 Å². The second-order valence-electron chi connectivity index (χ2n) is 4.98. The second-order valence-corrected chi connectivity index (χ2v) is 5.74. The molecule has 3 rings (SSSR count). The quantitative estimate of drug-likeness (QED) is 0.894. The first-order valence-corrected chi connectivity index (χ1v) is 7.92. The Labute approximate surface area is 126 Å². The van der Waals surface area contributed by atoms with Gasteiger partial charge in [-0.05, 0) is 19.8 Å². The molecule has 0 bridgehead atoms. The van der Waals surface area contributed by atoms with Crippen molar-refractivity contribution in [2.75, 3.05) is 29.9 Å². The van der Waals surface area contributed by atoms with Crippen LogP contribution in [0.15, 0.2) is 17.1 Å². The molecule has 0 aliphatic carbocycles. The van der Waals surface area contributed by atoms with Gasteiger partial charge in [0.05, 0.1) is 18.4 Å². The van der Waals surface area contributed by atoms with E-state index in [1.165, 1.54) is 29.1 Å². The lowest BCUT2D eigenvalue weighted by Crippen LogP contribution is -2.26. The van der Waals surface area contributed by atoms with Gasteiger partial charge in [0, 0.05) is 37.2 Å². The van der Waals surface area contributed by atoms with Gasteiger partial charge in [-0.2, -0.15) is 5.10 Å². The van der Waals surface area contributed by atoms with E-state index in [2.05, 4.69) is 24.9 Å². The summed E-state index contributed by atoms with van der Waals surface area (Å²) in [5.74, 6) is 0. The van der Waals surface area contributed by atoms with Crippen LogP contribution in [0.4, 0.5) is 10.7 Å². The molecule has 0 radical (unpaired) electrons. The van der Waals surface area contributed by atoms with Crippen LogP contribution in [0.1, 0.15) is 25.5 Å². The summed E-state index contributed by atoms with van der Waals surface area (Å²) in [6.45, 7) is 5.17. The van der Waals surface area contributed by atoms with Crippen molar-refractivity contribution >= 4 is 22.2 Å². The van der Waals surface area contributed by atoms with Gasteiger partial charge in [0.1, 0.15) is 10.7 Å². The molecule has 0 atom stereocenters. The van der Waals surface area contributed by atoms with E-state index in [9.17, 15) is 4.79 Å². The number of rotatable bonds is 5. The third kappa shape index (κ3) is 3.05. The van der Waals surface area contributed by atoms with E-state index in [1.54, 1.807) is 12.3 Å². The molecule has 1 aliphatic rings. The third-order valence-electron chi connectivity index (χ3n) is 3.52. The smallest absolute Gasteiger partial charge is 0.269 e. The molecular weight excluding hydrogens is 288 g/mol. The van der Waals surface area contributed by atoms with Gasteiger partial charge in [-0.1, -0.05) is 4.49 Å². The zero-order valence-electron chi connectivity index (χ0n) is 11.9. The first-order chi connectivity index (χ1) is 10.3. The molecule has 0 aromatic carbocycles. The van der Waals surface area contributed by atoms with Crippen molar-refractivity contribution in [2.24, 2.45) is 0 Å². The van der Waals surface area contributed by atoms with E-state index >= 15 is 0 Å². The lowest BCUT2D eigenvalue weighted by atomic mass is 10.4. The van der Waals surface area contributed by atoms with Crippen LogP contribution in [0.3, 0.4) is 0 Å². The van der Waals surface area contributed by atoms with Crippen LogP contribution in [-0.2, 0) is 6.54 Å². The van der Waals surface area contributed by atoms with Crippen LogP contribution < -0.4 is 15.8 Å². The lowest BCUT2D eigenvalue weighted by Gasteiger charge is -2.16. The zero-order chi connectivity index (χ0) is 14.7. The maximum atomic E-state index is 12.2. The average molecular weight is 306 g/mol. The van der Waals surface area contributed by atoms with Gasteiger partial charge < -0.3 is 10.2 Å². The first kappa shape index (κ1) is 14.0. The first-order valence-electron chi connectivity index (χ1n) is 7.15. The lowest BCUT2D eigenvalue weighted by molar-refractivity contribution is 0.625. The Balaban J connectivity index is 1.79. The van der Waals surface area contributed by atoms with Crippen molar-refractivity contribution in [3.63, 3.8) is 0 Å². The highest BCUT2D eigenvalue weighted by Gasteiger charge is 2.15. The van der Waals surface area contributed by atoms with Crippen molar-refractivity contribution < 1.29 is 0 Å². The minimum atomic E-state index is -0.102. The maximum absolute atomic E-state index is 12.2. The molecule has 3 heterocycles. The summed E-state index contributed by atoms with van der Waals surface area (Å²) >= 11 is 1.30. The van der Waals surface area contributed by atoms with E-state index in [1.807, 2.05) is 6.92 Å². The Morgan fingerprint density at radius 2 is 2.19 bits per heavy atom. The van der Waals surface area contributed by atoms with Gasteiger partial charge in [-0.3, -0.25) is 4.79 Å². The molecule has 1 saturated heterocycles. The van der Waals surface area contributed by atoms with Crippen LogP contribution in [0.2, 0.25) is 0 Å². The van der Waals surface area contributed by atoms with E-state index in [-0.39, 0.29) is 5.56 Å². The Kier molecular flexibility index (Phi) is 4.14. The topological polar surface area (TPSA) is 75.9 Å². The summed E-state index contributed by atoms with van der Waals surface area (Å²) in [6.07, 6.45) is 4.12. The van der Waals surface area contributed by atoms with Crippen molar-refractivity contribution in [3.05, 3.63) is 28.3 Å². The van der Waals surface area contributed by atoms with Gasteiger partial charge in [0.15, 0.2) is 0 Å². The minimum absolute atomic E-state index is 0.102. The molecule has 112 valence electrons. The largest absolute Gasteiger partial charge is 0.374 e. The third-order valence-corrected chi connectivity index (χ3v) is 4.24. The standard InChI is InChI=1S/C13H18N6OS/c1-2-14-13-11(16-17-21-13)9-19-12(20)7-10(8-15-19)18-5-3-4-6-18/h7-8,14H,2-6,9H2,1H3. The van der Waals surface area contributed by atoms with Crippen LogP contribution in [0.25, 0.3) is 0 Å². The van der Waals surface area contributed by atoms with Crippen molar-refractivity contribution in [3.8, 4) is 0 Å². The summed E-state index contributed by atoms with van der Waals surface area (Å²) in [5, 5.41) is 12.4. The fraction of sp³-hybridized carbons (Fsp3) is 0.538. The highest BCUT2D eigenvalue weighted by atomic mass is 32.1. The average Bonchev–Trinajstić information content (AvgIpc) is 3.14. The van der Waals surface area contributed by atoms with Crippen LogP contribution in [0.5, 0.6) is 0 Å². The number of hydrogen-bond acceptors (Lipinski definition) is 7. The fourth-order valence-corrected chi connectivity index (χ4v) is 3.08. The molecule has 1 fully saturated rings. The van der Waals surface area contributed by atoms with Crippen LogP contribution in [-0.4, -0.2) is 39.0 Å². The van der Waals surface area contributed by atoms with E-state index < -0.39 is 0 Å². The Hall–Kier alpha value is -1.96. The summed E-state index contributed by atoms with van der Waals surface area (Å²) in [6, 6.07) is 1.66. The van der Waals surface area contributed by atoms with Crippen molar-refractivity contribution in [1.29, 1.82) is 0 Å². The molecule has 0 amide bonds. The minimum Gasteiger partial charge on any atom is -0.374 e. The summed E-state index contributed by atoms with van der Waals surface area (Å²) in [7, 11) is 0. The Morgan fingerprint density at radius 3 is 2.90 bits per heavy atom. The highest BCUT2D eigenvalue weighted by Crippen LogP contribution is 2.19. The summed E-state index contributed by atoms with van der Waals surface area (Å²) in [4.78, 5) is 14.4. The van der Waals surface area contributed by atoms with E-state index in [4.69, 9.17) is 0 Å². The predicted molar refractivity (Wildman–Crippen MR) is 83.1 cm³/mol.